The maximum atomic E-state index is 12.8. The van der Waals surface area contributed by atoms with Crippen molar-refractivity contribution in [2.24, 2.45) is 0 Å². The van der Waals surface area contributed by atoms with E-state index >= 15 is 0 Å². The summed E-state index contributed by atoms with van der Waals surface area (Å²) in [5, 5.41) is 3.48. The van der Waals surface area contributed by atoms with Crippen molar-refractivity contribution in [1.29, 1.82) is 0 Å². The third-order valence-corrected chi connectivity index (χ3v) is 5.76. The minimum atomic E-state index is -0.189. The van der Waals surface area contributed by atoms with Gasteiger partial charge in [0.2, 0.25) is 5.91 Å². The van der Waals surface area contributed by atoms with Crippen LogP contribution >= 0.6 is 0 Å². The van der Waals surface area contributed by atoms with Crippen LogP contribution in [0.1, 0.15) is 36.8 Å². The molecule has 158 valence electrons. The summed E-state index contributed by atoms with van der Waals surface area (Å²) >= 11 is 0. The Morgan fingerprint density at radius 2 is 1.83 bits per heavy atom. The van der Waals surface area contributed by atoms with E-state index in [0.29, 0.717) is 25.7 Å². The standard InChI is InChI=1S/C24H29N3O3/c28-23-17-26(24(29)27(23)14-12-21-10-4-5-13-25-21)16-20-9-6-11-22(15-20)30-18-19-7-2-1-3-8-19/h1-3,6-9,11,15,21,25H,4-5,10,12-14,16-18H2. The molecule has 6 heteroatoms. The van der Waals surface area contributed by atoms with Gasteiger partial charge in [0.25, 0.3) is 0 Å². The van der Waals surface area contributed by atoms with Crippen LogP contribution in [-0.4, -0.2) is 47.4 Å². The molecule has 3 amide bonds. The number of hydrogen-bond acceptors (Lipinski definition) is 4. The van der Waals surface area contributed by atoms with Gasteiger partial charge in [-0.25, -0.2) is 4.79 Å². The molecule has 2 aliphatic heterocycles. The number of carbonyl (C=O) groups is 2. The van der Waals surface area contributed by atoms with Gasteiger partial charge in [0, 0.05) is 19.1 Å². The summed E-state index contributed by atoms with van der Waals surface area (Å²) < 4.78 is 5.88. The summed E-state index contributed by atoms with van der Waals surface area (Å²) in [6, 6.07) is 18.0. The summed E-state index contributed by atoms with van der Waals surface area (Å²) in [6.07, 6.45) is 4.37. The highest BCUT2D eigenvalue weighted by Crippen LogP contribution is 2.20. The Bertz CT molecular complexity index is 865. The monoisotopic (exact) mass is 407 g/mol. The lowest BCUT2D eigenvalue weighted by Gasteiger charge is -2.25. The zero-order chi connectivity index (χ0) is 20.8. The number of rotatable bonds is 8. The molecule has 1 N–H and O–H groups in total. The van der Waals surface area contributed by atoms with E-state index in [4.69, 9.17) is 4.74 Å². The molecule has 6 nitrogen and oxygen atoms in total. The molecule has 4 rings (SSSR count). The van der Waals surface area contributed by atoms with Crippen LogP contribution in [0.25, 0.3) is 0 Å². The van der Waals surface area contributed by atoms with Crippen LogP contribution in [0.2, 0.25) is 0 Å². The maximum absolute atomic E-state index is 12.8. The van der Waals surface area contributed by atoms with Crippen LogP contribution in [0.3, 0.4) is 0 Å². The van der Waals surface area contributed by atoms with E-state index in [9.17, 15) is 9.59 Å². The van der Waals surface area contributed by atoms with E-state index < -0.39 is 0 Å². The largest absolute Gasteiger partial charge is 0.489 e. The van der Waals surface area contributed by atoms with Gasteiger partial charge in [-0.3, -0.25) is 9.69 Å². The average molecular weight is 408 g/mol. The second-order valence-electron chi connectivity index (χ2n) is 8.04. The molecule has 2 aliphatic rings. The number of hydrogen-bond donors (Lipinski definition) is 1. The first-order valence-electron chi connectivity index (χ1n) is 10.8. The maximum Gasteiger partial charge on any atom is 0.327 e. The zero-order valence-corrected chi connectivity index (χ0v) is 17.3. The lowest BCUT2D eigenvalue weighted by Crippen LogP contribution is -2.39. The van der Waals surface area contributed by atoms with Crippen LogP contribution in [0.4, 0.5) is 4.79 Å². The number of ether oxygens (including phenoxy) is 1. The zero-order valence-electron chi connectivity index (χ0n) is 17.3. The number of imide groups is 1. The SMILES string of the molecule is O=C1CN(Cc2cccc(OCc3ccccc3)c2)C(=O)N1CCC1CCCCN1. The normalized spacial score (nSPS) is 19.4. The summed E-state index contributed by atoms with van der Waals surface area (Å²) in [5.41, 5.74) is 2.06. The van der Waals surface area contributed by atoms with Crippen molar-refractivity contribution in [3.63, 3.8) is 0 Å². The van der Waals surface area contributed by atoms with Crippen molar-refractivity contribution in [3.05, 3.63) is 65.7 Å². The molecule has 2 heterocycles. The van der Waals surface area contributed by atoms with Crippen molar-refractivity contribution in [2.75, 3.05) is 19.6 Å². The molecule has 0 radical (unpaired) electrons. The van der Waals surface area contributed by atoms with Gasteiger partial charge in [-0.15, -0.1) is 0 Å². The molecule has 0 aliphatic carbocycles. The third-order valence-electron chi connectivity index (χ3n) is 5.76. The van der Waals surface area contributed by atoms with E-state index in [1.807, 2.05) is 54.6 Å². The van der Waals surface area contributed by atoms with Crippen molar-refractivity contribution in [2.45, 2.75) is 44.9 Å². The highest BCUT2D eigenvalue weighted by molar-refractivity contribution is 6.01. The van der Waals surface area contributed by atoms with Gasteiger partial charge in [-0.05, 0) is 49.1 Å². The molecule has 1 atom stereocenters. The Labute approximate surface area is 177 Å². The first kappa shape index (κ1) is 20.4. The first-order valence-corrected chi connectivity index (χ1v) is 10.8. The van der Waals surface area contributed by atoms with Gasteiger partial charge in [0.1, 0.15) is 18.9 Å². The van der Waals surface area contributed by atoms with Gasteiger partial charge in [-0.1, -0.05) is 48.9 Å². The summed E-state index contributed by atoms with van der Waals surface area (Å²) in [6.45, 7) is 2.57. The Hall–Kier alpha value is -2.86. The number of nitrogens with one attached hydrogen (secondary N) is 1. The summed E-state index contributed by atoms with van der Waals surface area (Å²) in [5.74, 6) is 0.654. The fraction of sp³-hybridized carbons (Fsp3) is 0.417. The highest BCUT2D eigenvalue weighted by Gasteiger charge is 2.35. The molecule has 2 saturated heterocycles. The first-order chi connectivity index (χ1) is 14.7. The average Bonchev–Trinajstić information content (AvgIpc) is 3.05. The van der Waals surface area contributed by atoms with Crippen molar-refractivity contribution in [1.82, 2.24) is 15.1 Å². The lowest BCUT2D eigenvalue weighted by atomic mass is 10.0. The molecule has 0 saturated carbocycles. The molecule has 1 unspecified atom stereocenters. The summed E-state index contributed by atoms with van der Waals surface area (Å²) in [4.78, 5) is 28.2. The minimum Gasteiger partial charge on any atom is -0.489 e. The predicted octanol–water partition coefficient (Wildman–Crippen LogP) is 3.56. The summed E-state index contributed by atoms with van der Waals surface area (Å²) in [7, 11) is 0. The van der Waals surface area contributed by atoms with Crippen LogP contribution in [0.5, 0.6) is 5.75 Å². The van der Waals surface area contributed by atoms with E-state index in [1.54, 1.807) is 4.90 Å². The fourth-order valence-electron chi connectivity index (χ4n) is 4.09. The Morgan fingerprint density at radius 3 is 2.63 bits per heavy atom. The van der Waals surface area contributed by atoms with Gasteiger partial charge in [0.15, 0.2) is 0 Å². The van der Waals surface area contributed by atoms with Gasteiger partial charge >= 0.3 is 6.03 Å². The predicted molar refractivity (Wildman–Crippen MR) is 115 cm³/mol. The molecule has 2 aromatic carbocycles. The van der Waals surface area contributed by atoms with Gasteiger partial charge in [0.05, 0.1) is 0 Å². The van der Waals surface area contributed by atoms with Gasteiger partial charge in [-0.2, -0.15) is 0 Å². The molecule has 30 heavy (non-hydrogen) atoms. The van der Waals surface area contributed by atoms with Crippen molar-refractivity contribution >= 4 is 11.9 Å². The minimum absolute atomic E-state index is 0.104. The molecule has 0 bridgehead atoms. The number of benzene rings is 2. The second-order valence-corrected chi connectivity index (χ2v) is 8.04. The Kier molecular flexibility index (Phi) is 6.64. The van der Waals surface area contributed by atoms with E-state index in [0.717, 1.165) is 36.3 Å². The molecular weight excluding hydrogens is 378 g/mol. The number of piperidine rings is 1. The quantitative estimate of drug-likeness (QED) is 0.680. The Morgan fingerprint density at radius 1 is 1.00 bits per heavy atom. The topological polar surface area (TPSA) is 61.9 Å². The van der Waals surface area contributed by atoms with Crippen LogP contribution in [0.15, 0.2) is 54.6 Å². The highest BCUT2D eigenvalue weighted by atomic mass is 16.5. The van der Waals surface area contributed by atoms with Crippen molar-refractivity contribution in [3.8, 4) is 5.75 Å². The van der Waals surface area contributed by atoms with Crippen LogP contribution < -0.4 is 10.1 Å². The van der Waals surface area contributed by atoms with E-state index in [-0.39, 0.29) is 18.5 Å². The van der Waals surface area contributed by atoms with E-state index in [2.05, 4.69) is 5.32 Å². The lowest BCUT2D eigenvalue weighted by molar-refractivity contribution is -0.125. The van der Waals surface area contributed by atoms with E-state index in [1.165, 1.54) is 17.7 Å². The van der Waals surface area contributed by atoms with Crippen LogP contribution in [-0.2, 0) is 17.9 Å². The smallest absolute Gasteiger partial charge is 0.327 e. The van der Waals surface area contributed by atoms with Gasteiger partial charge < -0.3 is 15.0 Å². The molecule has 0 aromatic heterocycles. The molecule has 2 fully saturated rings. The molecule has 0 spiro atoms. The number of carbonyl (C=O) groups excluding carboxylic acids is 2. The number of urea groups is 1. The third kappa shape index (κ3) is 5.19. The molecule has 2 aromatic rings. The number of amides is 3. The second kappa shape index (κ2) is 9.76. The Balaban J connectivity index is 1.31. The van der Waals surface area contributed by atoms with Crippen molar-refractivity contribution < 1.29 is 14.3 Å². The number of nitrogens with zero attached hydrogens (tertiary/aromatic N) is 2. The molecular formula is C24H29N3O3. The van der Waals surface area contributed by atoms with Crippen LogP contribution in [0, 0.1) is 0 Å². The fourth-order valence-corrected chi connectivity index (χ4v) is 4.09.